The lowest BCUT2D eigenvalue weighted by Crippen LogP contribution is -2.33. The van der Waals surface area contributed by atoms with Crippen LogP contribution >= 0.6 is 24.2 Å². The van der Waals surface area contributed by atoms with Crippen molar-refractivity contribution in [2.24, 2.45) is 17.6 Å². The van der Waals surface area contributed by atoms with E-state index < -0.39 is 0 Å². The Morgan fingerprint density at radius 1 is 1.33 bits per heavy atom. The number of nitrogens with one attached hydrogen (secondary N) is 1. The number of fused-ring (bicyclic) bond motifs is 2. The number of benzene rings is 1. The molecular formula is C17H22ClN3O2S. The minimum atomic E-state index is -0.0940. The van der Waals surface area contributed by atoms with Crippen LogP contribution < -0.4 is 11.1 Å². The maximum absolute atomic E-state index is 12.8. The molecule has 3 aliphatic rings. The summed E-state index contributed by atoms with van der Waals surface area (Å²) in [5.41, 5.74) is 7.55. The Morgan fingerprint density at radius 2 is 2.12 bits per heavy atom. The summed E-state index contributed by atoms with van der Waals surface area (Å²) in [6.45, 7) is 3.46. The first kappa shape index (κ1) is 17.6. The molecule has 1 aromatic carbocycles. The SMILES string of the molecule is CC1Sc2ccc(C(=O)N3CC4CCC(N)C4C3)cc2NC1=O.Cl. The molecule has 1 saturated heterocycles. The highest BCUT2D eigenvalue weighted by Gasteiger charge is 2.42. The van der Waals surface area contributed by atoms with E-state index in [9.17, 15) is 9.59 Å². The van der Waals surface area contributed by atoms with E-state index in [0.717, 1.165) is 36.5 Å². The molecule has 5 nitrogen and oxygen atoms in total. The fourth-order valence-electron chi connectivity index (χ4n) is 4.00. The molecule has 4 rings (SSSR count). The molecule has 2 amide bonds. The number of nitrogens with two attached hydrogens (primary N) is 1. The lowest BCUT2D eigenvalue weighted by molar-refractivity contribution is -0.115. The van der Waals surface area contributed by atoms with Gasteiger partial charge in [0.05, 0.1) is 10.9 Å². The Morgan fingerprint density at radius 3 is 2.88 bits per heavy atom. The molecule has 0 radical (unpaired) electrons. The maximum Gasteiger partial charge on any atom is 0.253 e. The molecule has 2 heterocycles. The molecule has 0 aromatic heterocycles. The summed E-state index contributed by atoms with van der Waals surface area (Å²) < 4.78 is 0. The highest BCUT2D eigenvalue weighted by atomic mass is 35.5. The molecule has 7 heteroatoms. The van der Waals surface area contributed by atoms with Gasteiger partial charge in [0.25, 0.3) is 5.91 Å². The van der Waals surface area contributed by atoms with Crippen molar-refractivity contribution >= 4 is 41.7 Å². The Balaban J connectivity index is 0.00000169. The average molecular weight is 368 g/mol. The van der Waals surface area contributed by atoms with Crippen LogP contribution in [0.2, 0.25) is 0 Å². The van der Waals surface area contributed by atoms with E-state index >= 15 is 0 Å². The summed E-state index contributed by atoms with van der Waals surface area (Å²) >= 11 is 1.53. The minimum absolute atomic E-state index is 0. The molecule has 1 aromatic rings. The molecule has 24 heavy (non-hydrogen) atoms. The average Bonchev–Trinajstić information content (AvgIpc) is 3.10. The van der Waals surface area contributed by atoms with Crippen molar-refractivity contribution in [3.63, 3.8) is 0 Å². The number of hydrogen-bond donors (Lipinski definition) is 2. The number of thioether (sulfide) groups is 1. The van der Waals surface area contributed by atoms with Crippen LogP contribution in [0.4, 0.5) is 5.69 Å². The molecular weight excluding hydrogens is 346 g/mol. The third kappa shape index (κ3) is 2.91. The van der Waals surface area contributed by atoms with Crippen LogP contribution in [-0.4, -0.2) is 41.1 Å². The number of halogens is 1. The van der Waals surface area contributed by atoms with E-state index in [1.165, 1.54) is 11.8 Å². The number of hydrogen-bond acceptors (Lipinski definition) is 4. The van der Waals surface area contributed by atoms with Gasteiger partial charge < -0.3 is 16.0 Å². The Bertz CT molecular complexity index is 684. The topological polar surface area (TPSA) is 75.4 Å². The van der Waals surface area contributed by atoms with Gasteiger partial charge in [-0.2, -0.15) is 0 Å². The van der Waals surface area contributed by atoms with Gasteiger partial charge in [-0.15, -0.1) is 24.2 Å². The first-order valence-electron chi connectivity index (χ1n) is 8.19. The molecule has 4 unspecified atom stereocenters. The summed E-state index contributed by atoms with van der Waals surface area (Å²) in [5.74, 6) is 1.05. The predicted octanol–water partition coefficient (Wildman–Crippen LogP) is 2.35. The predicted molar refractivity (Wildman–Crippen MR) is 97.7 cm³/mol. The number of rotatable bonds is 1. The maximum atomic E-state index is 12.8. The molecule has 4 atom stereocenters. The molecule has 0 spiro atoms. The number of amides is 2. The van der Waals surface area contributed by atoms with Gasteiger partial charge >= 0.3 is 0 Å². The van der Waals surface area contributed by atoms with Gasteiger partial charge in [-0.25, -0.2) is 0 Å². The Labute approximate surface area is 152 Å². The number of likely N-dealkylation sites (tertiary alicyclic amines) is 1. The van der Waals surface area contributed by atoms with Crippen molar-refractivity contribution in [2.75, 3.05) is 18.4 Å². The normalized spacial score (nSPS) is 31.1. The number of carbonyl (C=O) groups excluding carboxylic acids is 2. The first-order chi connectivity index (χ1) is 11.0. The van der Waals surface area contributed by atoms with Gasteiger partial charge in [0.15, 0.2) is 0 Å². The highest BCUT2D eigenvalue weighted by molar-refractivity contribution is 8.00. The van der Waals surface area contributed by atoms with Crippen molar-refractivity contribution in [3.8, 4) is 0 Å². The zero-order valence-electron chi connectivity index (χ0n) is 13.5. The second-order valence-electron chi connectivity index (χ2n) is 6.84. The standard InChI is InChI=1S/C17H21N3O2S.ClH/c1-9-16(21)19-14-6-10(3-5-15(14)23-9)17(22)20-7-11-2-4-13(18)12(11)8-20;/h3,5-6,9,11-13H,2,4,7-8,18H2,1H3,(H,19,21);1H. The molecule has 2 aliphatic heterocycles. The Hall–Kier alpha value is -1.24. The van der Waals surface area contributed by atoms with Crippen molar-refractivity contribution in [1.29, 1.82) is 0 Å². The lowest BCUT2D eigenvalue weighted by atomic mass is 9.98. The summed E-state index contributed by atoms with van der Waals surface area (Å²) in [4.78, 5) is 27.6. The van der Waals surface area contributed by atoms with E-state index in [4.69, 9.17) is 5.73 Å². The van der Waals surface area contributed by atoms with Crippen molar-refractivity contribution in [2.45, 2.75) is 36.0 Å². The second-order valence-corrected chi connectivity index (χ2v) is 8.22. The zero-order chi connectivity index (χ0) is 16.1. The summed E-state index contributed by atoms with van der Waals surface area (Å²) in [5, 5.41) is 2.80. The molecule has 2 fully saturated rings. The third-order valence-corrected chi connectivity index (χ3v) is 6.53. The van der Waals surface area contributed by atoms with Gasteiger partial charge in [-0.1, -0.05) is 0 Å². The van der Waals surface area contributed by atoms with Crippen LogP contribution in [0.1, 0.15) is 30.1 Å². The van der Waals surface area contributed by atoms with E-state index in [0.29, 0.717) is 17.4 Å². The van der Waals surface area contributed by atoms with Gasteiger partial charge in [0.1, 0.15) is 0 Å². The lowest BCUT2D eigenvalue weighted by Gasteiger charge is -2.23. The van der Waals surface area contributed by atoms with Crippen LogP contribution in [0.15, 0.2) is 23.1 Å². The van der Waals surface area contributed by atoms with Crippen molar-refractivity contribution < 1.29 is 9.59 Å². The molecule has 3 N–H and O–H groups in total. The Kier molecular flexibility index (Phi) is 4.82. The van der Waals surface area contributed by atoms with Crippen molar-refractivity contribution in [3.05, 3.63) is 23.8 Å². The number of anilines is 1. The van der Waals surface area contributed by atoms with Gasteiger partial charge in [-0.3, -0.25) is 9.59 Å². The van der Waals surface area contributed by atoms with Gasteiger partial charge in [0, 0.05) is 29.6 Å². The number of nitrogens with zero attached hydrogens (tertiary/aromatic N) is 1. The van der Waals surface area contributed by atoms with Crippen LogP contribution in [0, 0.1) is 11.8 Å². The monoisotopic (exact) mass is 367 g/mol. The summed E-state index contributed by atoms with van der Waals surface area (Å²) in [6.07, 6.45) is 2.21. The first-order valence-corrected chi connectivity index (χ1v) is 9.07. The molecule has 1 saturated carbocycles. The molecule has 1 aliphatic carbocycles. The van der Waals surface area contributed by atoms with Crippen LogP contribution in [0.5, 0.6) is 0 Å². The second kappa shape index (κ2) is 6.58. The summed E-state index contributed by atoms with van der Waals surface area (Å²) in [6, 6.07) is 5.85. The molecule has 0 bridgehead atoms. The van der Waals surface area contributed by atoms with E-state index in [2.05, 4.69) is 5.32 Å². The fourth-order valence-corrected chi connectivity index (χ4v) is 4.93. The van der Waals surface area contributed by atoms with Gasteiger partial charge in [-0.05, 0) is 49.8 Å². The summed E-state index contributed by atoms with van der Waals surface area (Å²) in [7, 11) is 0. The van der Waals surface area contributed by atoms with E-state index in [-0.39, 0.29) is 35.5 Å². The number of carbonyl (C=O) groups is 2. The van der Waals surface area contributed by atoms with Crippen LogP contribution in [0.3, 0.4) is 0 Å². The zero-order valence-corrected chi connectivity index (χ0v) is 15.2. The fraction of sp³-hybridized carbons (Fsp3) is 0.529. The third-order valence-electron chi connectivity index (χ3n) is 5.36. The van der Waals surface area contributed by atoms with Crippen LogP contribution in [-0.2, 0) is 4.79 Å². The highest BCUT2D eigenvalue weighted by Crippen LogP contribution is 2.39. The smallest absolute Gasteiger partial charge is 0.253 e. The largest absolute Gasteiger partial charge is 0.338 e. The van der Waals surface area contributed by atoms with Gasteiger partial charge in [0.2, 0.25) is 5.91 Å². The van der Waals surface area contributed by atoms with E-state index in [1.54, 1.807) is 0 Å². The van der Waals surface area contributed by atoms with Crippen molar-refractivity contribution in [1.82, 2.24) is 4.90 Å². The van der Waals surface area contributed by atoms with E-state index in [1.807, 2.05) is 30.0 Å². The quantitative estimate of drug-likeness (QED) is 0.798. The molecule has 130 valence electrons. The minimum Gasteiger partial charge on any atom is -0.338 e. The van der Waals surface area contributed by atoms with Crippen LogP contribution in [0.25, 0.3) is 0 Å².